The number of anilines is 1. The van der Waals surface area contributed by atoms with Crippen LogP contribution in [0, 0.1) is 6.92 Å². The van der Waals surface area contributed by atoms with Gasteiger partial charge in [-0.25, -0.2) is 9.78 Å². The van der Waals surface area contributed by atoms with Gasteiger partial charge in [0.25, 0.3) is 5.78 Å². The van der Waals surface area contributed by atoms with Crippen LogP contribution in [0.3, 0.4) is 0 Å². The molecule has 0 unspecified atom stereocenters. The molecule has 10 nitrogen and oxygen atoms in total. The molecule has 0 spiro atoms. The summed E-state index contributed by atoms with van der Waals surface area (Å²) in [5, 5.41) is 11.7. The van der Waals surface area contributed by atoms with Gasteiger partial charge in [0.2, 0.25) is 0 Å². The summed E-state index contributed by atoms with van der Waals surface area (Å²) in [6, 6.07) is 9.20. The Bertz CT molecular complexity index is 1580. The van der Waals surface area contributed by atoms with E-state index in [9.17, 15) is 19.5 Å². The highest BCUT2D eigenvalue weighted by Crippen LogP contribution is 2.46. The maximum atomic E-state index is 13.6. The number of esters is 1. The molecule has 214 valence electrons. The van der Waals surface area contributed by atoms with Gasteiger partial charge in [0.05, 0.1) is 37.6 Å². The van der Waals surface area contributed by atoms with Gasteiger partial charge in [-0.3, -0.25) is 14.5 Å². The molecule has 1 saturated heterocycles. The first-order valence-electron chi connectivity index (χ1n) is 13.2. The lowest BCUT2D eigenvalue weighted by Gasteiger charge is -2.24. The summed E-state index contributed by atoms with van der Waals surface area (Å²) in [7, 11) is 1.25. The highest BCUT2D eigenvalue weighted by atomic mass is 32.1. The molecule has 2 aliphatic rings. The van der Waals surface area contributed by atoms with Crippen molar-refractivity contribution < 1.29 is 38.4 Å². The van der Waals surface area contributed by atoms with E-state index in [4.69, 9.17) is 18.9 Å². The van der Waals surface area contributed by atoms with Gasteiger partial charge in [-0.1, -0.05) is 17.4 Å². The average molecular weight is 579 g/mol. The fraction of sp³-hybridized carbons (Fsp3) is 0.333. The predicted octanol–water partition coefficient (Wildman–Crippen LogP) is 4.99. The topological polar surface area (TPSA) is 124 Å². The van der Waals surface area contributed by atoms with E-state index in [1.807, 2.05) is 20.8 Å². The first-order chi connectivity index (χ1) is 19.7. The summed E-state index contributed by atoms with van der Waals surface area (Å²) in [6.45, 7) is 8.02. The minimum atomic E-state index is -1.07. The number of aryl methyl sites for hydroxylation is 1. The number of carbonyl (C=O) groups excluding carboxylic acids is 3. The van der Waals surface area contributed by atoms with E-state index < -0.39 is 23.7 Å². The molecule has 1 aromatic heterocycles. The first-order valence-corrected chi connectivity index (χ1v) is 14.1. The number of methoxy groups -OCH3 is 1. The van der Waals surface area contributed by atoms with Crippen LogP contribution in [0.2, 0.25) is 0 Å². The number of rotatable bonds is 8. The van der Waals surface area contributed by atoms with Gasteiger partial charge in [0, 0.05) is 12.0 Å². The maximum Gasteiger partial charge on any atom is 0.350 e. The van der Waals surface area contributed by atoms with Crippen molar-refractivity contribution in [1.82, 2.24) is 4.98 Å². The monoisotopic (exact) mass is 578 g/mol. The molecule has 1 amide bonds. The summed E-state index contributed by atoms with van der Waals surface area (Å²) < 4.78 is 22.2. The molecule has 2 atom stereocenters. The Morgan fingerprint density at radius 3 is 2.56 bits per heavy atom. The highest BCUT2D eigenvalue weighted by molar-refractivity contribution is 7.17. The van der Waals surface area contributed by atoms with Crippen LogP contribution < -0.4 is 19.1 Å². The second-order valence-corrected chi connectivity index (χ2v) is 10.6. The van der Waals surface area contributed by atoms with Crippen molar-refractivity contribution in [3.05, 3.63) is 69.2 Å². The first kappa shape index (κ1) is 28.2. The number of hydrogen-bond donors (Lipinski definition) is 1. The van der Waals surface area contributed by atoms with Crippen LogP contribution in [-0.2, 0) is 20.7 Å². The van der Waals surface area contributed by atoms with E-state index in [0.29, 0.717) is 53.7 Å². The van der Waals surface area contributed by atoms with Crippen molar-refractivity contribution in [2.45, 2.75) is 46.3 Å². The zero-order chi connectivity index (χ0) is 29.4. The lowest BCUT2D eigenvalue weighted by atomic mass is 9.94. The predicted molar refractivity (Wildman–Crippen MR) is 152 cm³/mol. The standard InChI is InChI=1S/C30H30N2O8S/c1-6-38-21-11-8-17(14-22(21)39-7-2)24-23(25(33)18-9-10-20-19(13-18)12-15(3)40-20)26(34)28(35)32(24)30-31-16(4)27(41-30)29(36)37-5/h8-11,13-15,24,33H,6-7,12H2,1-5H3/t15-,24-/m1/s1. The van der Waals surface area contributed by atoms with Gasteiger partial charge in [-0.15, -0.1) is 0 Å². The van der Waals surface area contributed by atoms with Crippen LogP contribution >= 0.6 is 11.3 Å². The fourth-order valence-electron chi connectivity index (χ4n) is 5.08. The molecule has 2 aromatic carbocycles. The number of hydrogen-bond acceptors (Lipinski definition) is 10. The number of nitrogens with zero attached hydrogens (tertiary/aromatic N) is 2. The molecule has 3 heterocycles. The van der Waals surface area contributed by atoms with Gasteiger partial charge in [-0.05, 0) is 69.2 Å². The normalized spacial score (nSPS) is 19.2. The van der Waals surface area contributed by atoms with Crippen LogP contribution in [0.5, 0.6) is 17.2 Å². The third kappa shape index (κ3) is 5.01. The molecule has 0 radical (unpaired) electrons. The second-order valence-electron chi connectivity index (χ2n) is 9.60. The molecule has 0 saturated carbocycles. The third-order valence-corrected chi connectivity index (χ3v) is 8.00. The van der Waals surface area contributed by atoms with E-state index in [-0.39, 0.29) is 27.4 Å². The van der Waals surface area contributed by atoms with Crippen molar-refractivity contribution in [3.8, 4) is 17.2 Å². The number of aliphatic hydroxyl groups is 1. The molecule has 41 heavy (non-hydrogen) atoms. The van der Waals surface area contributed by atoms with E-state index in [1.165, 1.54) is 12.0 Å². The zero-order valence-corrected chi connectivity index (χ0v) is 24.2. The zero-order valence-electron chi connectivity index (χ0n) is 23.3. The van der Waals surface area contributed by atoms with Crippen molar-refractivity contribution >= 4 is 39.9 Å². The Morgan fingerprint density at radius 2 is 1.85 bits per heavy atom. The Morgan fingerprint density at radius 1 is 1.12 bits per heavy atom. The fourth-order valence-corrected chi connectivity index (χ4v) is 6.09. The summed E-state index contributed by atoms with van der Waals surface area (Å²) in [5.41, 5.74) is 2.01. The molecule has 1 N–H and O–H groups in total. The summed E-state index contributed by atoms with van der Waals surface area (Å²) in [6.07, 6.45) is 0.644. The number of aliphatic hydroxyl groups excluding tert-OH is 1. The molecular formula is C30H30N2O8S. The summed E-state index contributed by atoms with van der Waals surface area (Å²) in [5.74, 6) is -1.05. The molecule has 3 aromatic rings. The van der Waals surface area contributed by atoms with Gasteiger partial charge in [0.1, 0.15) is 22.5 Å². The van der Waals surface area contributed by atoms with Gasteiger partial charge < -0.3 is 24.1 Å². The number of ketones is 1. The van der Waals surface area contributed by atoms with Crippen LogP contribution in [-0.4, -0.2) is 54.2 Å². The Hall–Kier alpha value is -4.38. The number of Topliss-reactive ketones (excluding diaryl/α,β-unsaturated/α-hetero) is 1. The largest absolute Gasteiger partial charge is 0.507 e. The number of aromatic nitrogens is 1. The van der Waals surface area contributed by atoms with Crippen LogP contribution in [0.25, 0.3) is 5.76 Å². The molecule has 1 fully saturated rings. The molecule has 2 aliphatic heterocycles. The van der Waals surface area contributed by atoms with Crippen molar-refractivity contribution in [1.29, 1.82) is 0 Å². The average Bonchev–Trinajstić information content (AvgIpc) is 3.60. The van der Waals surface area contributed by atoms with Crippen molar-refractivity contribution in [2.24, 2.45) is 0 Å². The van der Waals surface area contributed by atoms with Crippen molar-refractivity contribution in [2.75, 3.05) is 25.2 Å². The van der Waals surface area contributed by atoms with Gasteiger partial charge in [-0.2, -0.15) is 0 Å². The smallest absolute Gasteiger partial charge is 0.350 e. The number of thiazole rings is 1. The van der Waals surface area contributed by atoms with Crippen LogP contribution in [0.15, 0.2) is 42.0 Å². The highest BCUT2D eigenvalue weighted by Gasteiger charge is 2.48. The molecular weight excluding hydrogens is 548 g/mol. The van der Waals surface area contributed by atoms with E-state index >= 15 is 0 Å². The number of benzene rings is 2. The number of ether oxygens (including phenoxy) is 4. The summed E-state index contributed by atoms with van der Waals surface area (Å²) in [4.78, 5) is 45.4. The van der Waals surface area contributed by atoms with Crippen LogP contribution in [0.4, 0.5) is 5.13 Å². The van der Waals surface area contributed by atoms with Crippen LogP contribution in [0.1, 0.15) is 58.9 Å². The maximum absolute atomic E-state index is 13.6. The Labute approximate surface area is 241 Å². The van der Waals surface area contributed by atoms with Gasteiger partial charge in [0.15, 0.2) is 16.6 Å². The minimum absolute atomic E-state index is 0.00836. The Balaban J connectivity index is 1.71. The second kappa shape index (κ2) is 11.2. The molecule has 11 heteroatoms. The number of amides is 1. The van der Waals surface area contributed by atoms with Gasteiger partial charge >= 0.3 is 11.9 Å². The lowest BCUT2D eigenvalue weighted by Crippen LogP contribution is -2.29. The Kier molecular flexibility index (Phi) is 7.72. The quantitative estimate of drug-likeness (QED) is 0.170. The molecule has 0 aliphatic carbocycles. The van der Waals surface area contributed by atoms with Crippen molar-refractivity contribution in [3.63, 3.8) is 0 Å². The van der Waals surface area contributed by atoms with E-state index in [1.54, 1.807) is 43.3 Å². The molecule has 5 rings (SSSR count). The SMILES string of the molecule is CCOc1ccc([C@@H]2C(=C(O)c3ccc4c(c3)C[C@@H](C)O4)C(=O)C(=O)N2c2nc(C)c(C(=O)OC)s2)cc1OCC. The lowest BCUT2D eigenvalue weighted by molar-refractivity contribution is -0.132. The minimum Gasteiger partial charge on any atom is -0.507 e. The van der Waals surface area contributed by atoms with E-state index in [2.05, 4.69) is 4.98 Å². The number of fused-ring (bicyclic) bond motifs is 1. The summed E-state index contributed by atoms with van der Waals surface area (Å²) >= 11 is 0.936. The van der Waals surface area contributed by atoms with E-state index in [0.717, 1.165) is 16.9 Å². The number of carbonyl (C=O) groups is 3. The molecule has 0 bridgehead atoms. The third-order valence-electron chi connectivity index (χ3n) is 6.86.